The molecule has 0 heterocycles. The van der Waals surface area contributed by atoms with Crippen molar-refractivity contribution >= 4 is 11.9 Å². The zero-order valence-corrected chi connectivity index (χ0v) is 12.8. The van der Waals surface area contributed by atoms with Gasteiger partial charge in [-0.1, -0.05) is 60.7 Å². The number of amides is 1. The number of ether oxygens (including phenoxy) is 1. The minimum absolute atomic E-state index is 0.231. The fourth-order valence-electron chi connectivity index (χ4n) is 2.47. The third-order valence-electron chi connectivity index (χ3n) is 3.79. The summed E-state index contributed by atoms with van der Waals surface area (Å²) in [5.41, 5.74) is 1.71. The molecule has 4 heteroatoms. The number of rotatable bonds is 6. The van der Waals surface area contributed by atoms with Gasteiger partial charge in [-0.15, -0.1) is 0 Å². The Morgan fingerprint density at radius 3 is 1.96 bits per heavy atom. The summed E-state index contributed by atoms with van der Waals surface area (Å²) < 4.78 is 5.25. The van der Waals surface area contributed by atoms with Gasteiger partial charge >= 0.3 is 5.97 Å². The molecule has 0 saturated heterocycles. The Balaban J connectivity index is 1.72. The van der Waals surface area contributed by atoms with Gasteiger partial charge in [0.2, 0.25) is 0 Å². The van der Waals surface area contributed by atoms with E-state index in [1.54, 1.807) is 0 Å². The summed E-state index contributed by atoms with van der Waals surface area (Å²) in [6.07, 6.45) is 2.02. The van der Waals surface area contributed by atoms with Crippen LogP contribution in [0.3, 0.4) is 0 Å². The van der Waals surface area contributed by atoms with Crippen molar-refractivity contribution in [2.24, 2.45) is 0 Å². The molecule has 1 saturated carbocycles. The maximum Gasteiger partial charge on any atom is 0.318 e. The second kappa shape index (κ2) is 7.09. The van der Waals surface area contributed by atoms with Crippen LogP contribution in [-0.4, -0.2) is 24.5 Å². The number of hydrogen-bond donors (Lipinski definition) is 1. The second-order valence-electron chi connectivity index (χ2n) is 5.70. The van der Waals surface area contributed by atoms with Crippen molar-refractivity contribution in [3.63, 3.8) is 0 Å². The van der Waals surface area contributed by atoms with Crippen LogP contribution in [0.25, 0.3) is 0 Å². The first-order chi connectivity index (χ1) is 11.2. The van der Waals surface area contributed by atoms with Gasteiger partial charge in [0.1, 0.15) is 5.92 Å². The Labute approximate surface area is 135 Å². The highest BCUT2D eigenvalue weighted by Crippen LogP contribution is 2.26. The minimum Gasteiger partial charge on any atom is -0.455 e. The Bertz CT molecular complexity index is 626. The monoisotopic (exact) mass is 309 g/mol. The molecule has 0 unspecified atom stereocenters. The molecule has 1 N–H and O–H groups in total. The quantitative estimate of drug-likeness (QED) is 0.835. The Kier molecular flexibility index (Phi) is 4.71. The summed E-state index contributed by atoms with van der Waals surface area (Å²) in [7, 11) is 0. The van der Waals surface area contributed by atoms with Gasteiger partial charge in [0, 0.05) is 6.04 Å². The van der Waals surface area contributed by atoms with Crippen LogP contribution in [0, 0.1) is 0 Å². The van der Waals surface area contributed by atoms with E-state index >= 15 is 0 Å². The van der Waals surface area contributed by atoms with Gasteiger partial charge in [0.15, 0.2) is 6.61 Å². The van der Waals surface area contributed by atoms with Gasteiger partial charge in [0.05, 0.1) is 0 Å². The van der Waals surface area contributed by atoms with Crippen LogP contribution in [0.1, 0.15) is 29.9 Å². The van der Waals surface area contributed by atoms with Crippen LogP contribution in [0.2, 0.25) is 0 Å². The molecule has 0 radical (unpaired) electrons. The van der Waals surface area contributed by atoms with E-state index in [2.05, 4.69) is 5.32 Å². The number of benzene rings is 2. The lowest BCUT2D eigenvalue weighted by Crippen LogP contribution is -2.31. The van der Waals surface area contributed by atoms with Gasteiger partial charge in [-0.3, -0.25) is 9.59 Å². The van der Waals surface area contributed by atoms with Gasteiger partial charge in [0.25, 0.3) is 5.91 Å². The number of carbonyl (C=O) groups is 2. The molecule has 1 amide bonds. The molecule has 2 aromatic carbocycles. The smallest absolute Gasteiger partial charge is 0.318 e. The number of esters is 1. The van der Waals surface area contributed by atoms with Crippen LogP contribution in [0.4, 0.5) is 0 Å². The Hall–Kier alpha value is -2.62. The van der Waals surface area contributed by atoms with Crippen molar-refractivity contribution in [1.29, 1.82) is 0 Å². The van der Waals surface area contributed by atoms with E-state index in [-0.39, 0.29) is 18.6 Å². The maximum absolute atomic E-state index is 12.5. The van der Waals surface area contributed by atoms with E-state index < -0.39 is 11.9 Å². The zero-order valence-electron chi connectivity index (χ0n) is 12.8. The van der Waals surface area contributed by atoms with Crippen LogP contribution in [0.5, 0.6) is 0 Å². The molecule has 0 spiro atoms. The lowest BCUT2D eigenvalue weighted by Gasteiger charge is -2.17. The topological polar surface area (TPSA) is 55.4 Å². The van der Waals surface area contributed by atoms with Crippen LogP contribution >= 0.6 is 0 Å². The molecule has 23 heavy (non-hydrogen) atoms. The molecular weight excluding hydrogens is 290 g/mol. The fraction of sp³-hybridized carbons (Fsp3) is 0.263. The number of nitrogens with one attached hydrogen (secondary N) is 1. The molecule has 1 aliphatic carbocycles. The van der Waals surface area contributed by atoms with E-state index in [0.717, 1.165) is 24.0 Å². The average Bonchev–Trinajstić information content (AvgIpc) is 3.39. The van der Waals surface area contributed by atoms with Gasteiger partial charge in [-0.2, -0.15) is 0 Å². The summed E-state index contributed by atoms with van der Waals surface area (Å²) in [4.78, 5) is 24.3. The van der Waals surface area contributed by atoms with Gasteiger partial charge in [-0.25, -0.2) is 0 Å². The zero-order chi connectivity index (χ0) is 16.1. The van der Waals surface area contributed by atoms with Crippen molar-refractivity contribution in [3.05, 3.63) is 71.8 Å². The van der Waals surface area contributed by atoms with Crippen molar-refractivity contribution in [2.45, 2.75) is 24.8 Å². The first-order valence-electron chi connectivity index (χ1n) is 7.80. The van der Waals surface area contributed by atoms with Gasteiger partial charge < -0.3 is 10.1 Å². The average molecular weight is 309 g/mol. The molecule has 1 aliphatic rings. The van der Waals surface area contributed by atoms with E-state index in [9.17, 15) is 9.59 Å². The molecule has 1 fully saturated rings. The summed E-state index contributed by atoms with van der Waals surface area (Å²) >= 11 is 0. The highest BCUT2D eigenvalue weighted by molar-refractivity contribution is 5.85. The third-order valence-corrected chi connectivity index (χ3v) is 3.79. The van der Waals surface area contributed by atoms with E-state index in [1.807, 2.05) is 60.7 Å². The van der Waals surface area contributed by atoms with Crippen molar-refractivity contribution in [3.8, 4) is 0 Å². The highest BCUT2D eigenvalue weighted by Gasteiger charge is 2.26. The van der Waals surface area contributed by atoms with E-state index in [4.69, 9.17) is 4.74 Å². The van der Waals surface area contributed by atoms with E-state index in [1.165, 1.54) is 0 Å². The highest BCUT2D eigenvalue weighted by atomic mass is 16.5. The van der Waals surface area contributed by atoms with Crippen molar-refractivity contribution in [2.75, 3.05) is 6.61 Å². The summed E-state index contributed by atoms with van der Waals surface area (Å²) in [5, 5.41) is 2.81. The molecule has 0 bridgehead atoms. The Morgan fingerprint density at radius 2 is 1.48 bits per heavy atom. The van der Waals surface area contributed by atoms with Crippen LogP contribution in [-0.2, 0) is 14.3 Å². The summed E-state index contributed by atoms with van der Waals surface area (Å²) in [6, 6.07) is 19.2. The fourth-order valence-corrected chi connectivity index (χ4v) is 2.47. The van der Waals surface area contributed by atoms with Crippen molar-refractivity contribution < 1.29 is 14.3 Å². The SMILES string of the molecule is O=C(COC(=O)C(c1ccccc1)c1ccccc1)NC1CC1. The van der Waals surface area contributed by atoms with Gasteiger partial charge in [-0.05, 0) is 24.0 Å². The van der Waals surface area contributed by atoms with Crippen LogP contribution in [0.15, 0.2) is 60.7 Å². The standard InChI is InChI=1S/C19H19NO3/c21-17(20-16-11-12-16)13-23-19(22)18(14-7-3-1-4-8-14)15-9-5-2-6-10-15/h1-10,16,18H,11-13H2,(H,20,21). The predicted molar refractivity (Wildman–Crippen MR) is 86.9 cm³/mol. The normalized spacial score (nSPS) is 13.6. The first kappa shape index (κ1) is 15.3. The molecule has 0 atom stereocenters. The molecule has 0 aliphatic heterocycles. The molecule has 3 rings (SSSR count). The van der Waals surface area contributed by atoms with Crippen molar-refractivity contribution in [1.82, 2.24) is 5.32 Å². The predicted octanol–water partition coefficient (Wildman–Crippen LogP) is 2.64. The lowest BCUT2D eigenvalue weighted by atomic mass is 9.91. The molecule has 4 nitrogen and oxygen atoms in total. The largest absolute Gasteiger partial charge is 0.455 e. The molecule has 118 valence electrons. The molecule has 0 aromatic heterocycles. The molecule has 2 aromatic rings. The summed E-state index contributed by atoms with van der Waals surface area (Å²) in [6.45, 7) is -0.231. The number of carbonyl (C=O) groups excluding carboxylic acids is 2. The maximum atomic E-state index is 12.5. The van der Waals surface area contributed by atoms with E-state index in [0.29, 0.717) is 0 Å². The second-order valence-corrected chi connectivity index (χ2v) is 5.70. The molecular formula is C19H19NO3. The lowest BCUT2D eigenvalue weighted by molar-refractivity contribution is -0.149. The minimum atomic E-state index is -0.522. The van der Waals surface area contributed by atoms with Crippen LogP contribution < -0.4 is 5.32 Å². The first-order valence-corrected chi connectivity index (χ1v) is 7.80. The number of hydrogen-bond acceptors (Lipinski definition) is 3. The Morgan fingerprint density at radius 1 is 0.957 bits per heavy atom. The summed E-state index contributed by atoms with van der Waals surface area (Å²) in [5.74, 6) is -1.17. The third kappa shape index (κ3) is 4.19.